The maximum atomic E-state index is 2.36. The second-order valence-electron chi connectivity index (χ2n) is 5.44. The van der Waals surface area contributed by atoms with E-state index in [1.165, 1.54) is 12.8 Å². The normalized spacial score (nSPS) is 14.2. The van der Waals surface area contributed by atoms with Crippen molar-refractivity contribution in [3.05, 3.63) is 12.2 Å². The summed E-state index contributed by atoms with van der Waals surface area (Å²) in [6.45, 7) is 13.6. The minimum atomic E-state index is 0.324. The zero-order valence-corrected chi connectivity index (χ0v) is 9.57. The van der Waals surface area contributed by atoms with E-state index in [0.29, 0.717) is 10.8 Å². The predicted octanol–water partition coefficient (Wildman–Crippen LogP) is 4.42. The van der Waals surface area contributed by atoms with Crippen LogP contribution in [0.15, 0.2) is 12.2 Å². The maximum Gasteiger partial charge on any atom is -0.0175 e. The van der Waals surface area contributed by atoms with Crippen molar-refractivity contribution in [1.29, 1.82) is 0 Å². The number of hydrogen-bond acceptors (Lipinski definition) is 0. The summed E-state index contributed by atoms with van der Waals surface area (Å²) in [5, 5.41) is 0. The van der Waals surface area contributed by atoms with Gasteiger partial charge in [0, 0.05) is 0 Å². The van der Waals surface area contributed by atoms with Gasteiger partial charge in [-0.15, -0.1) is 0 Å². The molecule has 0 atom stereocenters. The van der Waals surface area contributed by atoms with Gasteiger partial charge in [0.25, 0.3) is 0 Å². The molecule has 0 unspecified atom stereocenters. The predicted molar refractivity (Wildman–Crippen MR) is 57.3 cm³/mol. The Morgan fingerprint density at radius 1 is 0.917 bits per heavy atom. The molecule has 0 saturated carbocycles. The van der Waals surface area contributed by atoms with Gasteiger partial charge in [-0.25, -0.2) is 0 Å². The molecule has 0 nitrogen and oxygen atoms in total. The third-order valence-corrected chi connectivity index (χ3v) is 1.93. The van der Waals surface area contributed by atoms with E-state index in [9.17, 15) is 0 Å². The molecule has 0 saturated heterocycles. The van der Waals surface area contributed by atoms with Crippen LogP contribution in [0.3, 0.4) is 0 Å². The summed E-state index contributed by atoms with van der Waals surface area (Å²) in [7, 11) is 0. The lowest BCUT2D eigenvalue weighted by Gasteiger charge is -2.21. The van der Waals surface area contributed by atoms with Crippen molar-refractivity contribution in [2.45, 2.75) is 54.4 Å². The molecule has 0 amide bonds. The van der Waals surface area contributed by atoms with Crippen LogP contribution in [-0.4, -0.2) is 0 Å². The molecule has 0 aliphatic rings. The summed E-state index contributed by atoms with van der Waals surface area (Å²) >= 11 is 0. The van der Waals surface area contributed by atoms with Gasteiger partial charge in [0.1, 0.15) is 0 Å². The molecule has 0 rings (SSSR count). The molecule has 72 valence electrons. The SMILES string of the molecule is CCCC(C)(C)C=CC(C)(C)C. The molecule has 0 aliphatic heterocycles. The molecule has 0 aliphatic carbocycles. The molecular weight excluding hydrogens is 144 g/mol. The van der Waals surface area contributed by atoms with Crippen LogP contribution in [0.25, 0.3) is 0 Å². The highest BCUT2D eigenvalue weighted by Crippen LogP contribution is 2.26. The van der Waals surface area contributed by atoms with Crippen molar-refractivity contribution < 1.29 is 0 Å². The minimum Gasteiger partial charge on any atom is -0.0826 e. The fourth-order valence-corrected chi connectivity index (χ4v) is 1.20. The van der Waals surface area contributed by atoms with E-state index in [-0.39, 0.29) is 0 Å². The number of allylic oxidation sites excluding steroid dienone is 2. The van der Waals surface area contributed by atoms with Gasteiger partial charge in [-0.1, -0.05) is 60.1 Å². The van der Waals surface area contributed by atoms with Crippen LogP contribution in [0.1, 0.15) is 54.4 Å². The van der Waals surface area contributed by atoms with E-state index in [2.05, 4.69) is 53.7 Å². The van der Waals surface area contributed by atoms with Gasteiger partial charge in [-0.05, 0) is 17.3 Å². The summed E-state index contributed by atoms with van der Waals surface area (Å²) < 4.78 is 0. The summed E-state index contributed by atoms with van der Waals surface area (Å²) in [6, 6.07) is 0. The number of hydrogen-bond donors (Lipinski definition) is 0. The first kappa shape index (κ1) is 11.7. The quantitative estimate of drug-likeness (QED) is 0.547. The Kier molecular flexibility index (Phi) is 4.02. The fourth-order valence-electron chi connectivity index (χ4n) is 1.20. The molecule has 0 spiro atoms. The van der Waals surface area contributed by atoms with E-state index < -0.39 is 0 Å². The Morgan fingerprint density at radius 3 is 1.75 bits per heavy atom. The van der Waals surface area contributed by atoms with Crippen LogP contribution in [-0.2, 0) is 0 Å². The second kappa shape index (κ2) is 4.11. The van der Waals surface area contributed by atoms with Crippen LogP contribution in [0, 0.1) is 10.8 Å². The molecule has 0 N–H and O–H groups in total. The second-order valence-corrected chi connectivity index (χ2v) is 5.44. The lowest BCUT2D eigenvalue weighted by molar-refractivity contribution is 0.421. The molecule has 0 aromatic heterocycles. The third-order valence-electron chi connectivity index (χ3n) is 1.93. The van der Waals surface area contributed by atoms with E-state index in [1.807, 2.05) is 0 Å². The first-order chi connectivity index (χ1) is 5.27. The molecule has 12 heavy (non-hydrogen) atoms. The molecule has 0 aromatic carbocycles. The highest BCUT2D eigenvalue weighted by Gasteiger charge is 2.13. The van der Waals surface area contributed by atoms with Gasteiger partial charge in [0.05, 0.1) is 0 Å². The monoisotopic (exact) mass is 168 g/mol. The topological polar surface area (TPSA) is 0 Å². The largest absolute Gasteiger partial charge is 0.0826 e. The van der Waals surface area contributed by atoms with Gasteiger partial charge in [0.15, 0.2) is 0 Å². The highest BCUT2D eigenvalue weighted by molar-refractivity contribution is 5.00. The highest BCUT2D eigenvalue weighted by atomic mass is 14.2. The first-order valence-electron chi connectivity index (χ1n) is 4.97. The van der Waals surface area contributed by atoms with Crippen LogP contribution < -0.4 is 0 Å². The Bertz CT molecular complexity index is 144. The third kappa shape index (κ3) is 6.45. The van der Waals surface area contributed by atoms with Gasteiger partial charge < -0.3 is 0 Å². The van der Waals surface area contributed by atoms with E-state index in [1.54, 1.807) is 0 Å². The van der Waals surface area contributed by atoms with Gasteiger partial charge in [0.2, 0.25) is 0 Å². The van der Waals surface area contributed by atoms with E-state index in [0.717, 1.165) is 0 Å². The Labute approximate surface area is 78.1 Å². The van der Waals surface area contributed by atoms with E-state index in [4.69, 9.17) is 0 Å². The zero-order chi connectivity index (χ0) is 9.83. The van der Waals surface area contributed by atoms with Crippen LogP contribution >= 0.6 is 0 Å². The first-order valence-corrected chi connectivity index (χ1v) is 4.97. The molecule has 0 radical (unpaired) electrons. The molecule has 0 fully saturated rings. The Morgan fingerprint density at radius 2 is 1.42 bits per heavy atom. The zero-order valence-electron chi connectivity index (χ0n) is 9.57. The molecule has 0 aromatic rings. The standard InChI is InChI=1S/C12H24/c1-7-8-12(5,6)10-9-11(2,3)4/h9-10H,7-8H2,1-6H3. The smallest absolute Gasteiger partial charge is 0.0175 e. The lowest BCUT2D eigenvalue weighted by atomic mass is 9.84. The van der Waals surface area contributed by atoms with Crippen molar-refractivity contribution in [3.63, 3.8) is 0 Å². The van der Waals surface area contributed by atoms with Gasteiger partial charge >= 0.3 is 0 Å². The summed E-state index contributed by atoms with van der Waals surface area (Å²) in [4.78, 5) is 0. The minimum absolute atomic E-state index is 0.324. The van der Waals surface area contributed by atoms with Crippen molar-refractivity contribution >= 4 is 0 Å². The van der Waals surface area contributed by atoms with Gasteiger partial charge in [-0.3, -0.25) is 0 Å². The van der Waals surface area contributed by atoms with Crippen molar-refractivity contribution in [2.75, 3.05) is 0 Å². The van der Waals surface area contributed by atoms with E-state index >= 15 is 0 Å². The average Bonchev–Trinajstić information content (AvgIpc) is 1.83. The summed E-state index contributed by atoms with van der Waals surface area (Å²) in [5.41, 5.74) is 0.701. The molecule has 0 bridgehead atoms. The Hall–Kier alpha value is -0.260. The van der Waals surface area contributed by atoms with Crippen LogP contribution in [0.2, 0.25) is 0 Å². The number of rotatable bonds is 3. The van der Waals surface area contributed by atoms with Crippen molar-refractivity contribution in [2.24, 2.45) is 10.8 Å². The fraction of sp³-hybridized carbons (Fsp3) is 0.833. The summed E-state index contributed by atoms with van der Waals surface area (Å²) in [5.74, 6) is 0. The van der Waals surface area contributed by atoms with Gasteiger partial charge in [-0.2, -0.15) is 0 Å². The molecule has 0 heteroatoms. The van der Waals surface area contributed by atoms with Crippen LogP contribution in [0.4, 0.5) is 0 Å². The van der Waals surface area contributed by atoms with Crippen molar-refractivity contribution in [1.82, 2.24) is 0 Å². The van der Waals surface area contributed by atoms with Crippen molar-refractivity contribution in [3.8, 4) is 0 Å². The average molecular weight is 168 g/mol. The molecular formula is C12H24. The Balaban J connectivity index is 4.13. The lowest BCUT2D eigenvalue weighted by Crippen LogP contribution is -2.09. The molecule has 0 heterocycles. The maximum absolute atomic E-state index is 2.36. The summed E-state index contributed by atoms with van der Waals surface area (Å²) in [6.07, 6.45) is 7.22. The van der Waals surface area contributed by atoms with Crippen LogP contribution in [0.5, 0.6) is 0 Å².